The third-order valence-corrected chi connectivity index (χ3v) is 4.28. The molecule has 1 aliphatic carbocycles. The number of fused-ring (bicyclic) bond motifs is 1. The normalized spacial score (nSPS) is 16.0. The van der Waals surface area contributed by atoms with Crippen molar-refractivity contribution in [3.8, 4) is 0 Å². The van der Waals surface area contributed by atoms with E-state index in [4.69, 9.17) is 0 Å². The molecule has 0 saturated carbocycles. The van der Waals surface area contributed by atoms with E-state index in [-0.39, 0.29) is 11.9 Å². The molecule has 5 nitrogen and oxygen atoms in total. The number of rotatable bonds is 4. The van der Waals surface area contributed by atoms with Crippen LogP contribution in [0, 0.1) is 0 Å². The molecule has 0 fully saturated rings. The van der Waals surface area contributed by atoms with Crippen molar-refractivity contribution >= 4 is 5.91 Å². The van der Waals surface area contributed by atoms with E-state index in [0.717, 1.165) is 18.5 Å². The molecule has 1 amide bonds. The van der Waals surface area contributed by atoms with E-state index in [2.05, 4.69) is 15.5 Å². The molecule has 1 aliphatic rings. The molecule has 21 heavy (non-hydrogen) atoms. The molecule has 0 radical (unpaired) electrons. The third kappa shape index (κ3) is 3.01. The molecular formula is C16H22N4O. The van der Waals surface area contributed by atoms with Gasteiger partial charge >= 0.3 is 0 Å². The van der Waals surface area contributed by atoms with E-state index < -0.39 is 0 Å². The Morgan fingerprint density at radius 2 is 2.10 bits per heavy atom. The lowest BCUT2D eigenvalue weighted by atomic mass is 10.1. The van der Waals surface area contributed by atoms with Crippen LogP contribution in [0.3, 0.4) is 0 Å². The van der Waals surface area contributed by atoms with Crippen LogP contribution in [0.25, 0.3) is 0 Å². The average molecular weight is 286 g/mol. The molecule has 2 aromatic heterocycles. The summed E-state index contributed by atoms with van der Waals surface area (Å²) in [6, 6.07) is 3.66. The number of nitrogens with zero attached hydrogens (tertiary/aromatic N) is 2. The van der Waals surface area contributed by atoms with Crippen molar-refractivity contribution in [3.05, 3.63) is 41.5 Å². The number of carbonyl (C=O) groups is 1. The fourth-order valence-corrected chi connectivity index (χ4v) is 2.93. The van der Waals surface area contributed by atoms with E-state index >= 15 is 0 Å². The van der Waals surface area contributed by atoms with Crippen LogP contribution in [-0.2, 0) is 24.2 Å². The highest BCUT2D eigenvalue weighted by Gasteiger charge is 2.18. The minimum atomic E-state index is -0.197. The number of nitrogens with one attached hydrogen (secondary N) is 2. The van der Waals surface area contributed by atoms with Gasteiger partial charge in [-0.05, 0) is 50.3 Å². The van der Waals surface area contributed by atoms with Crippen LogP contribution < -0.4 is 5.32 Å². The van der Waals surface area contributed by atoms with Crippen LogP contribution in [0.5, 0.6) is 0 Å². The Bertz CT molecular complexity index is 600. The van der Waals surface area contributed by atoms with Gasteiger partial charge in [0.15, 0.2) is 0 Å². The molecule has 1 atom stereocenters. The Balaban J connectivity index is 1.63. The predicted molar refractivity (Wildman–Crippen MR) is 80.8 cm³/mol. The number of carbonyl (C=O) groups excluding carboxylic acids is 1. The average Bonchev–Trinajstić information content (AvgIpc) is 3.09. The van der Waals surface area contributed by atoms with Crippen LogP contribution >= 0.6 is 0 Å². The Labute approximate surface area is 124 Å². The van der Waals surface area contributed by atoms with Crippen molar-refractivity contribution in [1.82, 2.24) is 20.1 Å². The molecule has 5 heteroatoms. The molecular weight excluding hydrogens is 264 g/mol. The summed E-state index contributed by atoms with van der Waals surface area (Å²) in [5.41, 5.74) is 3.58. The second-order valence-electron chi connectivity index (χ2n) is 5.71. The Morgan fingerprint density at radius 3 is 2.90 bits per heavy atom. The van der Waals surface area contributed by atoms with Crippen LogP contribution in [0.2, 0.25) is 0 Å². The summed E-state index contributed by atoms with van der Waals surface area (Å²) in [7, 11) is 0. The second-order valence-corrected chi connectivity index (χ2v) is 5.71. The third-order valence-electron chi connectivity index (χ3n) is 4.28. The topological polar surface area (TPSA) is 62.7 Å². The molecule has 112 valence electrons. The minimum absolute atomic E-state index is 0.0246. The largest absolute Gasteiger partial charge is 0.349 e. The van der Waals surface area contributed by atoms with Gasteiger partial charge in [0, 0.05) is 18.1 Å². The number of hydrogen-bond donors (Lipinski definition) is 2. The van der Waals surface area contributed by atoms with Gasteiger partial charge in [-0.3, -0.25) is 9.89 Å². The van der Waals surface area contributed by atoms with Gasteiger partial charge in [-0.15, -0.1) is 0 Å². The Morgan fingerprint density at radius 1 is 1.33 bits per heavy atom. The summed E-state index contributed by atoms with van der Waals surface area (Å²) < 4.78 is 1.90. The van der Waals surface area contributed by atoms with Gasteiger partial charge in [0.25, 0.3) is 0 Å². The highest BCUT2D eigenvalue weighted by atomic mass is 16.2. The molecule has 2 heterocycles. The fourth-order valence-electron chi connectivity index (χ4n) is 2.93. The highest BCUT2D eigenvalue weighted by molar-refractivity contribution is 5.79. The van der Waals surface area contributed by atoms with Gasteiger partial charge in [0.2, 0.25) is 5.91 Å². The van der Waals surface area contributed by atoms with Crippen molar-refractivity contribution in [2.24, 2.45) is 0 Å². The summed E-state index contributed by atoms with van der Waals surface area (Å²) in [6.07, 6.45) is 9.69. The maximum absolute atomic E-state index is 12.2. The summed E-state index contributed by atoms with van der Waals surface area (Å²) >= 11 is 0. The molecule has 0 aliphatic heterocycles. The minimum Gasteiger partial charge on any atom is -0.349 e. The number of aromatic amines is 1. The molecule has 0 unspecified atom stereocenters. The molecule has 2 aromatic rings. The quantitative estimate of drug-likeness (QED) is 0.848. The first-order valence-corrected chi connectivity index (χ1v) is 7.71. The molecule has 3 rings (SSSR count). The van der Waals surface area contributed by atoms with Gasteiger partial charge in [-0.1, -0.05) is 6.42 Å². The number of aryl methyl sites for hydroxylation is 1. The highest BCUT2D eigenvalue weighted by Crippen LogP contribution is 2.21. The lowest BCUT2D eigenvalue weighted by Gasteiger charge is -2.13. The second kappa shape index (κ2) is 6.16. The summed E-state index contributed by atoms with van der Waals surface area (Å²) in [4.78, 5) is 12.2. The Kier molecular flexibility index (Phi) is 4.08. The molecule has 2 N–H and O–H groups in total. The molecule has 0 aromatic carbocycles. The zero-order chi connectivity index (χ0) is 14.7. The maximum Gasteiger partial charge on any atom is 0.243 e. The van der Waals surface area contributed by atoms with Crippen molar-refractivity contribution in [2.45, 2.75) is 51.6 Å². The van der Waals surface area contributed by atoms with Crippen molar-refractivity contribution in [2.75, 3.05) is 0 Å². The van der Waals surface area contributed by atoms with Crippen LogP contribution in [0.4, 0.5) is 0 Å². The number of hydrogen-bond acceptors (Lipinski definition) is 2. The number of aromatic nitrogens is 3. The number of amides is 1. The zero-order valence-electron chi connectivity index (χ0n) is 12.4. The standard InChI is InChI=1S/C16H22N4O/c1-12(20-9-5-6-10-20)16(21)17-11-15-13-7-3-2-4-8-14(13)18-19-15/h5-6,9-10,12H,2-4,7-8,11H2,1H3,(H,17,21)(H,18,19)/t12-/m1/s1. The zero-order valence-corrected chi connectivity index (χ0v) is 12.4. The van der Waals surface area contributed by atoms with E-state index in [1.165, 1.54) is 30.5 Å². The van der Waals surface area contributed by atoms with Crippen molar-refractivity contribution < 1.29 is 4.79 Å². The smallest absolute Gasteiger partial charge is 0.243 e. The van der Waals surface area contributed by atoms with E-state index in [0.29, 0.717) is 6.54 Å². The summed E-state index contributed by atoms with van der Waals surface area (Å²) in [5, 5.41) is 10.5. The number of H-pyrrole nitrogens is 1. The predicted octanol–water partition coefficient (Wildman–Crippen LogP) is 2.36. The molecule has 0 spiro atoms. The first kappa shape index (κ1) is 13.9. The lowest BCUT2D eigenvalue weighted by Crippen LogP contribution is -2.30. The first-order valence-electron chi connectivity index (χ1n) is 7.71. The molecule has 0 bridgehead atoms. The maximum atomic E-state index is 12.2. The summed E-state index contributed by atoms with van der Waals surface area (Å²) in [5.74, 6) is 0.0246. The van der Waals surface area contributed by atoms with Gasteiger partial charge < -0.3 is 9.88 Å². The van der Waals surface area contributed by atoms with E-state index in [1.807, 2.05) is 36.0 Å². The monoisotopic (exact) mass is 286 g/mol. The fraction of sp³-hybridized carbons (Fsp3) is 0.500. The van der Waals surface area contributed by atoms with Gasteiger partial charge in [0.1, 0.15) is 6.04 Å². The SMILES string of the molecule is C[C@H](C(=O)NCc1n[nH]c2c1CCCCC2)n1cccc1. The lowest BCUT2D eigenvalue weighted by molar-refractivity contribution is -0.124. The van der Waals surface area contributed by atoms with Gasteiger partial charge in [0.05, 0.1) is 12.2 Å². The van der Waals surface area contributed by atoms with Crippen molar-refractivity contribution in [3.63, 3.8) is 0 Å². The van der Waals surface area contributed by atoms with Crippen LogP contribution in [0.1, 0.15) is 49.2 Å². The first-order chi connectivity index (χ1) is 10.3. The van der Waals surface area contributed by atoms with Crippen LogP contribution in [-0.4, -0.2) is 20.7 Å². The van der Waals surface area contributed by atoms with Crippen LogP contribution in [0.15, 0.2) is 24.5 Å². The van der Waals surface area contributed by atoms with Gasteiger partial charge in [-0.2, -0.15) is 5.10 Å². The van der Waals surface area contributed by atoms with Gasteiger partial charge in [-0.25, -0.2) is 0 Å². The van der Waals surface area contributed by atoms with E-state index in [1.54, 1.807) is 0 Å². The molecule has 0 saturated heterocycles. The Hall–Kier alpha value is -2.04. The summed E-state index contributed by atoms with van der Waals surface area (Å²) in [6.45, 7) is 2.41. The van der Waals surface area contributed by atoms with Crippen molar-refractivity contribution in [1.29, 1.82) is 0 Å². The van der Waals surface area contributed by atoms with E-state index in [9.17, 15) is 4.79 Å².